The molecule has 2 aromatic heterocycles. The maximum Gasteiger partial charge on any atom is 0.228 e. The number of anilines is 1. The number of aromatic amines is 1. The molecule has 0 atom stereocenters. The van der Waals surface area contributed by atoms with E-state index in [1.54, 1.807) is 4.90 Å². The van der Waals surface area contributed by atoms with E-state index >= 15 is 0 Å². The highest BCUT2D eigenvalue weighted by atomic mass is 16.2. The molecule has 0 unspecified atom stereocenters. The van der Waals surface area contributed by atoms with Gasteiger partial charge in [-0.1, -0.05) is 0 Å². The fourth-order valence-corrected chi connectivity index (χ4v) is 1.95. The second-order valence-electron chi connectivity index (χ2n) is 3.92. The monoisotopic (exact) mass is 230 g/mol. The zero-order chi connectivity index (χ0) is 11.8. The third-order valence-electron chi connectivity index (χ3n) is 2.80. The van der Waals surface area contributed by atoms with Crippen LogP contribution in [0.25, 0.3) is 11.2 Å². The molecule has 1 saturated heterocycles. The molecule has 1 fully saturated rings. The van der Waals surface area contributed by atoms with E-state index in [2.05, 4.69) is 15.0 Å². The molecule has 0 radical (unpaired) electrons. The zero-order valence-electron chi connectivity index (χ0n) is 9.01. The summed E-state index contributed by atoms with van der Waals surface area (Å²) >= 11 is 0. The minimum absolute atomic E-state index is 0.0333. The molecule has 86 valence electrons. The van der Waals surface area contributed by atoms with E-state index in [1.807, 2.05) is 0 Å². The lowest BCUT2D eigenvalue weighted by Crippen LogP contribution is -2.25. The molecule has 1 aliphatic rings. The molecule has 6 nitrogen and oxygen atoms in total. The highest BCUT2D eigenvalue weighted by molar-refractivity contribution is 5.94. The van der Waals surface area contributed by atoms with Gasteiger partial charge in [-0.3, -0.25) is 14.5 Å². The van der Waals surface area contributed by atoms with Gasteiger partial charge in [0.05, 0.1) is 6.20 Å². The number of H-pyrrole nitrogens is 1. The van der Waals surface area contributed by atoms with Crippen molar-refractivity contribution in [2.24, 2.45) is 0 Å². The van der Waals surface area contributed by atoms with Crippen molar-refractivity contribution in [3.8, 4) is 0 Å². The highest BCUT2D eigenvalue weighted by Crippen LogP contribution is 2.18. The molecule has 1 amide bonds. The van der Waals surface area contributed by atoms with Crippen molar-refractivity contribution in [1.29, 1.82) is 0 Å². The maximum atomic E-state index is 11.6. The smallest absolute Gasteiger partial charge is 0.228 e. The molecule has 17 heavy (non-hydrogen) atoms. The Bertz CT molecular complexity index is 649. The summed E-state index contributed by atoms with van der Waals surface area (Å²) < 4.78 is 0. The lowest BCUT2D eigenvalue weighted by Gasteiger charge is -2.13. The summed E-state index contributed by atoms with van der Waals surface area (Å²) in [6, 6.07) is 1.40. The largest absolute Gasteiger partial charge is 0.345 e. The van der Waals surface area contributed by atoms with Crippen molar-refractivity contribution in [3.63, 3.8) is 0 Å². The summed E-state index contributed by atoms with van der Waals surface area (Å²) in [7, 11) is 0. The number of amides is 1. The fraction of sp³-hybridized carbons (Fsp3) is 0.273. The number of nitrogens with one attached hydrogen (secondary N) is 1. The number of aromatic nitrogens is 3. The molecule has 0 spiro atoms. The first-order chi connectivity index (χ1) is 8.25. The highest BCUT2D eigenvalue weighted by Gasteiger charge is 2.23. The van der Waals surface area contributed by atoms with Crippen LogP contribution in [0.3, 0.4) is 0 Å². The molecule has 0 aromatic carbocycles. The molecule has 1 N–H and O–H groups in total. The lowest BCUT2D eigenvalue weighted by molar-refractivity contribution is -0.117. The van der Waals surface area contributed by atoms with E-state index in [0.29, 0.717) is 24.4 Å². The van der Waals surface area contributed by atoms with Gasteiger partial charge < -0.3 is 4.98 Å². The van der Waals surface area contributed by atoms with Gasteiger partial charge in [0.2, 0.25) is 11.3 Å². The Morgan fingerprint density at radius 1 is 1.35 bits per heavy atom. The second-order valence-corrected chi connectivity index (χ2v) is 3.92. The maximum absolute atomic E-state index is 11.6. The number of fused-ring (bicyclic) bond motifs is 1. The Morgan fingerprint density at radius 2 is 2.24 bits per heavy atom. The van der Waals surface area contributed by atoms with E-state index < -0.39 is 0 Å². The number of hydrogen-bond acceptors (Lipinski definition) is 4. The summed E-state index contributed by atoms with van der Waals surface area (Å²) in [5, 5.41) is 0. The predicted octanol–water partition coefficient (Wildman–Crippen LogP) is 0.445. The van der Waals surface area contributed by atoms with E-state index in [9.17, 15) is 9.59 Å². The summed E-state index contributed by atoms with van der Waals surface area (Å²) in [5.74, 6) is 0.489. The number of nitrogens with zero attached hydrogens (tertiary/aromatic N) is 3. The molecule has 6 heteroatoms. The van der Waals surface area contributed by atoms with Crippen LogP contribution in [-0.2, 0) is 4.79 Å². The lowest BCUT2D eigenvalue weighted by atomic mass is 10.4. The Labute approximate surface area is 96.3 Å². The number of carbonyl (C=O) groups excluding carboxylic acids is 1. The molecule has 0 saturated carbocycles. The van der Waals surface area contributed by atoms with Gasteiger partial charge in [-0.15, -0.1) is 0 Å². The SMILES string of the molecule is O=C1CCCN1c1cnc2[nH]ccc(=O)c2n1. The average molecular weight is 230 g/mol. The Kier molecular flexibility index (Phi) is 2.14. The predicted molar refractivity (Wildman–Crippen MR) is 61.7 cm³/mol. The van der Waals surface area contributed by atoms with Gasteiger partial charge in [0.15, 0.2) is 17.0 Å². The minimum Gasteiger partial charge on any atom is -0.345 e. The van der Waals surface area contributed by atoms with Crippen molar-refractivity contribution < 1.29 is 4.79 Å². The first kappa shape index (κ1) is 9.95. The number of hydrogen-bond donors (Lipinski definition) is 1. The quantitative estimate of drug-likeness (QED) is 0.771. The summed E-state index contributed by atoms with van der Waals surface area (Å²) in [6.45, 7) is 0.643. The molecular formula is C11H10N4O2. The van der Waals surface area contributed by atoms with Gasteiger partial charge in [0.25, 0.3) is 0 Å². The van der Waals surface area contributed by atoms with Crippen LogP contribution in [0.1, 0.15) is 12.8 Å². The number of pyridine rings is 1. The normalized spacial score (nSPS) is 15.8. The summed E-state index contributed by atoms with van der Waals surface area (Å²) in [4.78, 5) is 35.9. The molecule has 2 aromatic rings. The van der Waals surface area contributed by atoms with E-state index in [1.165, 1.54) is 18.5 Å². The van der Waals surface area contributed by atoms with Crippen molar-refractivity contribution in [2.75, 3.05) is 11.4 Å². The minimum atomic E-state index is -0.195. The van der Waals surface area contributed by atoms with Crippen LogP contribution in [0.4, 0.5) is 5.82 Å². The van der Waals surface area contributed by atoms with Gasteiger partial charge in [-0.05, 0) is 6.42 Å². The fourth-order valence-electron chi connectivity index (χ4n) is 1.95. The molecule has 1 aliphatic heterocycles. The van der Waals surface area contributed by atoms with Crippen LogP contribution in [-0.4, -0.2) is 27.4 Å². The second kappa shape index (κ2) is 3.65. The van der Waals surface area contributed by atoms with E-state index in [0.717, 1.165) is 6.42 Å². The number of carbonyl (C=O) groups is 1. The van der Waals surface area contributed by atoms with Crippen molar-refractivity contribution in [1.82, 2.24) is 15.0 Å². The van der Waals surface area contributed by atoms with Crippen LogP contribution < -0.4 is 10.3 Å². The molecular weight excluding hydrogens is 220 g/mol. The summed E-state index contributed by atoms with van der Waals surface area (Å²) in [5.41, 5.74) is 0.511. The molecule has 0 bridgehead atoms. The Morgan fingerprint density at radius 3 is 3.00 bits per heavy atom. The van der Waals surface area contributed by atoms with Crippen LogP contribution >= 0.6 is 0 Å². The van der Waals surface area contributed by atoms with Crippen LogP contribution in [0.15, 0.2) is 23.3 Å². The van der Waals surface area contributed by atoms with Crippen molar-refractivity contribution in [3.05, 3.63) is 28.7 Å². The van der Waals surface area contributed by atoms with Gasteiger partial charge >= 0.3 is 0 Å². The van der Waals surface area contributed by atoms with Gasteiger partial charge in [0, 0.05) is 25.2 Å². The van der Waals surface area contributed by atoms with Crippen LogP contribution in [0.5, 0.6) is 0 Å². The van der Waals surface area contributed by atoms with Crippen molar-refractivity contribution in [2.45, 2.75) is 12.8 Å². The van der Waals surface area contributed by atoms with Crippen LogP contribution in [0, 0.1) is 0 Å². The van der Waals surface area contributed by atoms with Gasteiger partial charge in [0.1, 0.15) is 0 Å². The third-order valence-corrected chi connectivity index (χ3v) is 2.80. The molecule has 3 rings (SSSR count). The average Bonchev–Trinajstić information content (AvgIpc) is 2.76. The first-order valence-corrected chi connectivity index (χ1v) is 5.40. The molecule has 3 heterocycles. The van der Waals surface area contributed by atoms with E-state index in [4.69, 9.17) is 0 Å². The third kappa shape index (κ3) is 1.57. The van der Waals surface area contributed by atoms with Gasteiger partial charge in [-0.25, -0.2) is 9.97 Å². The van der Waals surface area contributed by atoms with Crippen LogP contribution in [0.2, 0.25) is 0 Å². The molecule has 0 aliphatic carbocycles. The van der Waals surface area contributed by atoms with Gasteiger partial charge in [-0.2, -0.15) is 0 Å². The first-order valence-electron chi connectivity index (χ1n) is 5.40. The zero-order valence-corrected chi connectivity index (χ0v) is 9.01. The Hall–Kier alpha value is -2.24. The topological polar surface area (TPSA) is 79.0 Å². The van der Waals surface area contributed by atoms with E-state index in [-0.39, 0.29) is 16.9 Å². The standard InChI is InChI=1S/C11H10N4O2/c16-7-3-4-12-11-10(7)14-8(6-13-11)15-5-1-2-9(15)17/h3-4,6H,1-2,5H2,(H,12,13,16). The van der Waals surface area contributed by atoms with Crippen molar-refractivity contribution >= 4 is 22.9 Å². The number of rotatable bonds is 1. The summed E-state index contributed by atoms with van der Waals surface area (Å²) in [6.07, 6.45) is 4.40. The Balaban J connectivity index is 2.16.